The van der Waals surface area contributed by atoms with Crippen LogP contribution in [-0.4, -0.2) is 14.8 Å². The van der Waals surface area contributed by atoms with Gasteiger partial charge in [-0.3, -0.25) is 0 Å². The molecular formula is C15H18N4O. The third kappa shape index (κ3) is 2.97. The van der Waals surface area contributed by atoms with Crippen molar-refractivity contribution in [1.29, 1.82) is 5.26 Å². The predicted molar refractivity (Wildman–Crippen MR) is 75.3 cm³/mol. The Morgan fingerprint density at radius 3 is 2.60 bits per heavy atom. The summed E-state index contributed by atoms with van der Waals surface area (Å²) < 4.78 is 7.72. The monoisotopic (exact) mass is 270 g/mol. The normalized spacial score (nSPS) is 10.3. The first-order valence-electron chi connectivity index (χ1n) is 6.66. The Balaban J connectivity index is 2.15. The predicted octanol–water partition coefficient (Wildman–Crippen LogP) is 2.76. The van der Waals surface area contributed by atoms with Crippen LogP contribution in [0.3, 0.4) is 0 Å². The van der Waals surface area contributed by atoms with E-state index in [0.717, 1.165) is 35.7 Å². The minimum absolute atomic E-state index is 0.383. The summed E-state index contributed by atoms with van der Waals surface area (Å²) in [4.78, 5) is 4.22. The van der Waals surface area contributed by atoms with Crippen LogP contribution in [0.5, 0.6) is 5.75 Å². The van der Waals surface area contributed by atoms with Crippen LogP contribution < -0.4 is 4.74 Å². The molecule has 0 N–H and O–H groups in total. The van der Waals surface area contributed by atoms with Gasteiger partial charge in [0.05, 0.1) is 11.6 Å². The molecule has 0 aliphatic heterocycles. The molecule has 0 saturated carbocycles. The van der Waals surface area contributed by atoms with Crippen LogP contribution in [0.4, 0.5) is 0 Å². The second kappa shape index (κ2) is 6.20. The standard InChI is InChI=1S/C15H18N4O/c1-4-5-19-14(17-10-18-19)9-20-15-11(2)6-13(8-16)7-12(15)3/h6-7,10H,4-5,9H2,1-3H3. The molecule has 0 saturated heterocycles. The molecule has 0 aliphatic rings. The first kappa shape index (κ1) is 14.1. The Morgan fingerprint density at radius 2 is 2.00 bits per heavy atom. The van der Waals surface area contributed by atoms with Crippen LogP contribution in [0.15, 0.2) is 18.5 Å². The fourth-order valence-electron chi connectivity index (χ4n) is 2.18. The van der Waals surface area contributed by atoms with Crippen molar-refractivity contribution in [1.82, 2.24) is 14.8 Å². The van der Waals surface area contributed by atoms with Crippen LogP contribution in [0.2, 0.25) is 0 Å². The molecule has 0 unspecified atom stereocenters. The van der Waals surface area contributed by atoms with Gasteiger partial charge in [0.25, 0.3) is 0 Å². The van der Waals surface area contributed by atoms with Crippen molar-refractivity contribution in [2.75, 3.05) is 0 Å². The van der Waals surface area contributed by atoms with E-state index in [1.165, 1.54) is 0 Å². The van der Waals surface area contributed by atoms with Crippen molar-refractivity contribution in [2.24, 2.45) is 0 Å². The van der Waals surface area contributed by atoms with Gasteiger partial charge in [0.2, 0.25) is 0 Å². The van der Waals surface area contributed by atoms with E-state index in [0.29, 0.717) is 12.2 Å². The van der Waals surface area contributed by atoms with Crippen LogP contribution in [0.1, 0.15) is 35.9 Å². The lowest BCUT2D eigenvalue weighted by Gasteiger charge is -2.12. The number of nitriles is 1. The van der Waals surface area contributed by atoms with Gasteiger partial charge in [-0.05, 0) is 43.5 Å². The smallest absolute Gasteiger partial charge is 0.164 e. The number of aromatic nitrogens is 3. The number of hydrogen-bond donors (Lipinski definition) is 0. The zero-order valence-corrected chi connectivity index (χ0v) is 12.1. The quantitative estimate of drug-likeness (QED) is 0.838. The van der Waals surface area contributed by atoms with Gasteiger partial charge in [-0.2, -0.15) is 10.4 Å². The maximum atomic E-state index is 8.94. The van der Waals surface area contributed by atoms with Crippen molar-refractivity contribution in [2.45, 2.75) is 40.3 Å². The van der Waals surface area contributed by atoms with E-state index in [1.54, 1.807) is 6.33 Å². The molecule has 1 heterocycles. The van der Waals surface area contributed by atoms with Gasteiger partial charge >= 0.3 is 0 Å². The lowest BCUT2D eigenvalue weighted by molar-refractivity contribution is 0.282. The first-order chi connectivity index (χ1) is 9.65. The Labute approximate surface area is 118 Å². The third-order valence-corrected chi connectivity index (χ3v) is 3.07. The van der Waals surface area contributed by atoms with Gasteiger partial charge in [-0.15, -0.1) is 0 Å². The van der Waals surface area contributed by atoms with Gasteiger partial charge in [0.1, 0.15) is 18.7 Å². The number of benzene rings is 1. The maximum absolute atomic E-state index is 8.94. The van der Waals surface area contributed by atoms with Crippen LogP contribution in [-0.2, 0) is 13.2 Å². The average molecular weight is 270 g/mol. The Morgan fingerprint density at radius 1 is 1.30 bits per heavy atom. The van der Waals surface area contributed by atoms with E-state index in [4.69, 9.17) is 10.00 Å². The first-order valence-corrected chi connectivity index (χ1v) is 6.66. The van der Waals surface area contributed by atoms with Gasteiger partial charge in [0.15, 0.2) is 5.82 Å². The zero-order chi connectivity index (χ0) is 14.5. The molecule has 5 heteroatoms. The Kier molecular flexibility index (Phi) is 4.36. The summed E-state index contributed by atoms with van der Waals surface area (Å²) in [5.41, 5.74) is 2.58. The van der Waals surface area contributed by atoms with Crippen molar-refractivity contribution < 1.29 is 4.74 Å². The number of nitrogens with zero attached hydrogens (tertiary/aromatic N) is 4. The summed E-state index contributed by atoms with van der Waals surface area (Å²) in [5, 5.41) is 13.1. The molecular weight excluding hydrogens is 252 g/mol. The van der Waals surface area contributed by atoms with Crippen molar-refractivity contribution >= 4 is 0 Å². The van der Waals surface area contributed by atoms with Crippen LogP contribution >= 0.6 is 0 Å². The van der Waals surface area contributed by atoms with E-state index < -0.39 is 0 Å². The highest BCUT2D eigenvalue weighted by molar-refractivity contribution is 5.47. The highest BCUT2D eigenvalue weighted by atomic mass is 16.5. The molecule has 20 heavy (non-hydrogen) atoms. The number of rotatable bonds is 5. The van der Waals surface area contributed by atoms with Crippen molar-refractivity contribution in [3.8, 4) is 11.8 Å². The summed E-state index contributed by atoms with van der Waals surface area (Å²) in [6.07, 6.45) is 2.55. The lowest BCUT2D eigenvalue weighted by Crippen LogP contribution is -2.09. The van der Waals surface area contributed by atoms with E-state index in [9.17, 15) is 0 Å². The molecule has 0 fully saturated rings. The second-order valence-corrected chi connectivity index (χ2v) is 4.74. The van der Waals surface area contributed by atoms with E-state index in [-0.39, 0.29) is 0 Å². The van der Waals surface area contributed by atoms with Gasteiger partial charge in [-0.25, -0.2) is 9.67 Å². The Bertz CT molecular complexity index is 617. The summed E-state index contributed by atoms with van der Waals surface area (Å²) in [6.45, 7) is 7.21. The largest absolute Gasteiger partial charge is 0.485 e. The molecule has 1 aromatic heterocycles. The summed E-state index contributed by atoms with van der Waals surface area (Å²) in [5.74, 6) is 1.63. The van der Waals surface area contributed by atoms with Crippen LogP contribution in [0.25, 0.3) is 0 Å². The Hall–Kier alpha value is -2.35. The van der Waals surface area contributed by atoms with E-state index in [2.05, 4.69) is 23.1 Å². The highest BCUT2D eigenvalue weighted by Crippen LogP contribution is 2.25. The SMILES string of the molecule is CCCn1ncnc1COc1c(C)cc(C#N)cc1C. The van der Waals surface area contributed by atoms with Crippen molar-refractivity contribution in [3.05, 3.63) is 41.0 Å². The van der Waals surface area contributed by atoms with Crippen LogP contribution in [0, 0.1) is 25.2 Å². The summed E-state index contributed by atoms with van der Waals surface area (Å²) in [6, 6.07) is 5.81. The molecule has 2 aromatic rings. The molecule has 1 aromatic carbocycles. The molecule has 5 nitrogen and oxygen atoms in total. The topological polar surface area (TPSA) is 63.7 Å². The molecule has 0 radical (unpaired) electrons. The fourth-order valence-corrected chi connectivity index (χ4v) is 2.18. The fraction of sp³-hybridized carbons (Fsp3) is 0.400. The minimum Gasteiger partial charge on any atom is -0.485 e. The molecule has 0 atom stereocenters. The second-order valence-electron chi connectivity index (χ2n) is 4.74. The zero-order valence-electron chi connectivity index (χ0n) is 12.1. The van der Waals surface area contributed by atoms with Gasteiger partial charge in [-0.1, -0.05) is 6.92 Å². The van der Waals surface area contributed by atoms with Gasteiger partial charge in [0, 0.05) is 6.54 Å². The maximum Gasteiger partial charge on any atom is 0.164 e. The summed E-state index contributed by atoms with van der Waals surface area (Å²) in [7, 11) is 0. The number of ether oxygens (including phenoxy) is 1. The lowest BCUT2D eigenvalue weighted by atomic mass is 10.1. The summed E-state index contributed by atoms with van der Waals surface area (Å²) >= 11 is 0. The minimum atomic E-state index is 0.383. The average Bonchev–Trinajstić information content (AvgIpc) is 2.85. The van der Waals surface area contributed by atoms with Gasteiger partial charge < -0.3 is 4.74 Å². The highest BCUT2D eigenvalue weighted by Gasteiger charge is 2.09. The molecule has 0 spiro atoms. The van der Waals surface area contributed by atoms with Crippen molar-refractivity contribution in [3.63, 3.8) is 0 Å². The molecule has 0 bridgehead atoms. The molecule has 104 valence electrons. The molecule has 0 aliphatic carbocycles. The van der Waals surface area contributed by atoms with E-state index in [1.807, 2.05) is 30.7 Å². The third-order valence-electron chi connectivity index (χ3n) is 3.07. The number of aryl methyl sites for hydroxylation is 3. The molecule has 2 rings (SSSR count). The van der Waals surface area contributed by atoms with E-state index >= 15 is 0 Å². The molecule has 0 amide bonds. The number of hydrogen-bond acceptors (Lipinski definition) is 4.